The van der Waals surface area contributed by atoms with E-state index in [4.69, 9.17) is 5.11 Å². The SMILES string of the molecule is O=C(O)[C@@H]1CCC(=O)N1C(=O)/C=C\c1ccccc1. The Bertz CT molecular complexity index is 536. The molecule has 19 heavy (non-hydrogen) atoms. The van der Waals surface area contributed by atoms with E-state index in [0.29, 0.717) is 0 Å². The van der Waals surface area contributed by atoms with E-state index in [0.717, 1.165) is 10.5 Å². The molecule has 0 aromatic heterocycles. The first-order valence-corrected chi connectivity index (χ1v) is 5.91. The van der Waals surface area contributed by atoms with E-state index in [9.17, 15) is 14.4 Å². The highest BCUT2D eigenvalue weighted by atomic mass is 16.4. The summed E-state index contributed by atoms with van der Waals surface area (Å²) in [6.07, 6.45) is 3.07. The number of hydrogen-bond donors (Lipinski definition) is 1. The van der Waals surface area contributed by atoms with E-state index in [2.05, 4.69) is 0 Å². The number of likely N-dealkylation sites (tertiary alicyclic amines) is 1. The number of imide groups is 1. The molecule has 1 aliphatic rings. The quantitative estimate of drug-likeness (QED) is 0.830. The highest BCUT2D eigenvalue weighted by Gasteiger charge is 2.39. The maximum Gasteiger partial charge on any atom is 0.326 e. The van der Waals surface area contributed by atoms with Gasteiger partial charge in [0.05, 0.1) is 0 Å². The zero-order valence-electron chi connectivity index (χ0n) is 10.2. The van der Waals surface area contributed by atoms with Crippen LogP contribution in [0.3, 0.4) is 0 Å². The number of carboxylic acids is 1. The molecule has 0 aliphatic carbocycles. The summed E-state index contributed by atoms with van der Waals surface area (Å²) in [6, 6.07) is 8.08. The van der Waals surface area contributed by atoms with E-state index >= 15 is 0 Å². The first kappa shape index (κ1) is 13.0. The van der Waals surface area contributed by atoms with E-state index in [1.54, 1.807) is 6.08 Å². The van der Waals surface area contributed by atoms with Gasteiger partial charge in [0, 0.05) is 12.5 Å². The van der Waals surface area contributed by atoms with Crippen LogP contribution < -0.4 is 0 Å². The van der Waals surface area contributed by atoms with Gasteiger partial charge in [-0.1, -0.05) is 30.3 Å². The minimum Gasteiger partial charge on any atom is -0.480 e. The van der Waals surface area contributed by atoms with Gasteiger partial charge in [-0.3, -0.25) is 14.5 Å². The fourth-order valence-corrected chi connectivity index (χ4v) is 2.01. The lowest BCUT2D eigenvalue weighted by molar-refractivity contribution is -0.152. The second-order valence-electron chi connectivity index (χ2n) is 4.24. The summed E-state index contributed by atoms with van der Waals surface area (Å²) in [5, 5.41) is 8.97. The van der Waals surface area contributed by atoms with Gasteiger partial charge in [0.1, 0.15) is 6.04 Å². The predicted octanol–water partition coefficient (Wildman–Crippen LogP) is 1.30. The normalized spacial score (nSPS) is 19.1. The maximum atomic E-state index is 11.9. The molecule has 0 radical (unpaired) electrons. The van der Waals surface area contributed by atoms with Crippen LogP contribution in [0.5, 0.6) is 0 Å². The monoisotopic (exact) mass is 259 g/mol. The van der Waals surface area contributed by atoms with Gasteiger partial charge in [-0.05, 0) is 18.1 Å². The van der Waals surface area contributed by atoms with Crippen LogP contribution in [-0.4, -0.2) is 33.8 Å². The zero-order chi connectivity index (χ0) is 13.8. The number of amides is 2. The van der Waals surface area contributed by atoms with Crippen molar-refractivity contribution >= 4 is 23.9 Å². The number of rotatable bonds is 3. The van der Waals surface area contributed by atoms with Crippen molar-refractivity contribution in [3.05, 3.63) is 42.0 Å². The molecule has 1 heterocycles. The summed E-state index contributed by atoms with van der Waals surface area (Å²) in [5.74, 6) is -2.17. The number of carbonyl (C=O) groups excluding carboxylic acids is 2. The van der Waals surface area contributed by atoms with Gasteiger partial charge in [-0.15, -0.1) is 0 Å². The maximum absolute atomic E-state index is 11.9. The standard InChI is InChI=1S/C14H13NO4/c16-12(8-6-10-4-2-1-3-5-10)15-11(14(18)19)7-9-13(15)17/h1-6,8,11H,7,9H2,(H,18,19)/b8-6-/t11-/m0/s1. The van der Waals surface area contributed by atoms with Crippen molar-refractivity contribution in [3.63, 3.8) is 0 Å². The van der Waals surface area contributed by atoms with E-state index in [-0.39, 0.29) is 12.8 Å². The lowest BCUT2D eigenvalue weighted by Gasteiger charge is -2.17. The molecule has 0 unspecified atom stereocenters. The topological polar surface area (TPSA) is 74.7 Å². The van der Waals surface area contributed by atoms with Crippen LogP contribution >= 0.6 is 0 Å². The average molecular weight is 259 g/mol. The van der Waals surface area contributed by atoms with Crippen molar-refractivity contribution in [3.8, 4) is 0 Å². The lowest BCUT2D eigenvalue weighted by Crippen LogP contribution is -2.42. The summed E-state index contributed by atoms with van der Waals surface area (Å²) in [5.41, 5.74) is 0.814. The van der Waals surface area contributed by atoms with Crippen molar-refractivity contribution in [2.75, 3.05) is 0 Å². The summed E-state index contributed by atoms with van der Waals surface area (Å²) in [6.45, 7) is 0. The first-order valence-electron chi connectivity index (χ1n) is 5.91. The van der Waals surface area contributed by atoms with Gasteiger partial charge in [0.2, 0.25) is 5.91 Å². The van der Waals surface area contributed by atoms with Crippen LogP contribution in [0.25, 0.3) is 6.08 Å². The minimum atomic E-state index is -1.15. The number of carboxylic acid groups (broad SMARTS) is 1. The molecule has 1 aromatic rings. The highest BCUT2D eigenvalue weighted by Crippen LogP contribution is 2.19. The summed E-state index contributed by atoms with van der Waals surface area (Å²) >= 11 is 0. The summed E-state index contributed by atoms with van der Waals surface area (Å²) in [4.78, 5) is 35.2. The zero-order valence-corrected chi connectivity index (χ0v) is 10.2. The molecule has 98 valence electrons. The molecule has 1 aromatic carbocycles. The number of nitrogens with zero attached hydrogens (tertiary/aromatic N) is 1. The smallest absolute Gasteiger partial charge is 0.326 e. The number of carbonyl (C=O) groups is 3. The molecule has 0 saturated carbocycles. The molecule has 1 fully saturated rings. The Kier molecular flexibility index (Phi) is 3.75. The van der Waals surface area contributed by atoms with Crippen molar-refractivity contribution in [2.24, 2.45) is 0 Å². The molecule has 2 amide bonds. The average Bonchev–Trinajstić information content (AvgIpc) is 2.79. The van der Waals surface area contributed by atoms with Crippen LogP contribution in [0.4, 0.5) is 0 Å². The Morgan fingerprint density at radius 1 is 1.26 bits per heavy atom. The largest absolute Gasteiger partial charge is 0.480 e. The van der Waals surface area contributed by atoms with Crippen molar-refractivity contribution in [2.45, 2.75) is 18.9 Å². The van der Waals surface area contributed by atoms with E-state index in [1.807, 2.05) is 30.3 Å². The first-order chi connectivity index (χ1) is 9.09. The molecule has 0 spiro atoms. The summed E-state index contributed by atoms with van der Waals surface area (Å²) in [7, 11) is 0. The molecular weight excluding hydrogens is 246 g/mol. The Morgan fingerprint density at radius 2 is 1.95 bits per heavy atom. The number of benzene rings is 1. The van der Waals surface area contributed by atoms with Gasteiger partial charge in [-0.2, -0.15) is 0 Å². The van der Waals surface area contributed by atoms with Crippen LogP contribution in [0.15, 0.2) is 36.4 Å². The van der Waals surface area contributed by atoms with Gasteiger partial charge in [-0.25, -0.2) is 4.79 Å². The molecule has 1 atom stereocenters. The van der Waals surface area contributed by atoms with Crippen LogP contribution in [0.2, 0.25) is 0 Å². The molecule has 5 heteroatoms. The molecule has 5 nitrogen and oxygen atoms in total. The van der Waals surface area contributed by atoms with E-state index < -0.39 is 23.8 Å². The second kappa shape index (κ2) is 5.48. The number of aliphatic carboxylic acids is 1. The van der Waals surface area contributed by atoms with Crippen molar-refractivity contribution in [1.29, 1.82) is 0 Å². The van der Waals surface area contributed by atoms with Gasteiger partial charge in [0.25, 0.3) is 5.91 Å². The molecule has 2 rings (SSSR count). The Hall–Kier alpha value is -2.43. The fraction of sp³-hybridized carbons (Fsp3) is 0.214. The van der Waals surface area contributed by atoms with Gasteiger partial charge >= 0.3 is 5.97 Å². The molecule has 1 N–H and O–H groups in total. The molecular formula is C14H13NO4. The Balaban J connectivity index is 2.13. The second-order valence-corrected chi connectivity index (χ2v) is 4.24. The van der Waals surface area contributed by atoms with Crippen molar-refractivity contribution < 1.29 is 19.5 Å². The fourth-order valence-electron chi connectivity index (χ4n) is 2.01. The third-order valence-corrected chi connectivity index (χ3v) is 2.95. The number of hydrogen-bond acceptors (Lipinski definition) is 3. The van der Waals surface area contributed by atoms with Crippen molar-refractivity contribution in [1.82, 2.24) is 4.90 Å². The Labute approximate surface area is 110 Å². The minimum absolute atomic E-state index is 0.0991. The molecule has 1 saturated heterocycles. The predicted molar refractivity (Wildman–Crippen MR) is 68.0 cm³/mol. The van der Waals surface area contributed by atoms with Gasteiger partial charge < -0.3 is 5.11 Å². The third-order valence-electron chi connectivity index (χ3n) is 2.95. The lowest BCUT2D eigenvalue weighted by atomic mass is 10.2. The summed E-state index contributed by atoms with van der Waals surface area (Å²) < 4.78 is 0. The molecule has 1 aliphatic heterocycles. The van der Waals surface area contributed by atoms with Gasteiger partial charge in [0.15, 0.2) is 0 Å². The van der Waals surface area contributed by atoms with Crippen LogP contribution in [0, 0.1) is 0 Å². The van der Waals surface area contributed by atoms with Crippen LogP contribution in [-0.2, 0) is 14.4 Å². The third kappa shape index (κ3) is 2.88. The van der Waals surface area contributed by atoms with E-state index in [1.165, 1.54) is 6.08 Å². The highest BCUT2D eigenvalue weighted by molar-refractivity contribution is 6.07. The van der Waals surface area contributed by atoms with Crippen LogP contribution in [0.1, 0.15) is 18.4 Å². The Morgan fingerprint density at radius 3 is 2.58 bits per heavy atom. The molecule has 0 bridgehead atoms.